The Balaban J connectivity index is 2.71. The lowest BCUT2D eigenvalue weighted by molar-refractivity contribution is 0.0406. The molecule has 0 heterocycles. The fourth-order valence-electron chi connectivity index (χ4n) is 3.61. The van der Waals surface area contributed by atoms with Gasteiger partial charge in [0.2, 0.25) is 0 Å². The molecule has 0 bridgehead atoms. The molecule has 0 aliphatic rings. The minimum atomic E-state index is -0.149. The van der Waals surface area contributed by atoms with Gasteiger partial charge in [-0.05, 0) is 56.6 Å². The van der Waals surface area contributed by atoms with Crippen molar-refractivity contribution in [3.63, 3.8) is 0 Å². The normalized spacial score (nSPS) is 13.4. The summed E-state index contributed by atoms with van der Waals surface area (Å²) in [5.41, 5.74) is 1.74. The Hall–Kier alpha value is -0.980. The molecule has 1 aromatic rings. The molecule has 20 heavy (non-hydrogen) atoms. The lowest BCUT2D eigenvalue weighted by Crippen LogP contribution is -2.36. The van der Waals surface area contributed by atoms with E-state index in [4.69, 9.17) is 4.74 Å². The Bertz CT molecular complexity index is 418. The Morgan fingerprint density at radius 3 is 1.75 bits per heavy atom. The topological polar surface area (TPSA) is 9.23 Å². The standard InChI is InChI=1S/C19H32O/c1-15-9-11-16(12-10-15)20-19(7,8)14-18(5,6)13-17(2,3)4/h9-12H,13-14H2,1-8H3. The third kappa shape index (κ3) is 6.45. The van der Waals surface area contributed by atoms with Crippen LogP contribution in [0.4, 0.5) is 0 Å². The Kier molecular flexibility index (Phi) is 4.94. The highest BCUT2D eigenvalue weighted by Crippen LogP contribution is 2.40. The highest BCUT2D eigenvalue weighted by atomic mass is 16.5. The second-order valence-electron chi connectivity index (χ2n) is 8.75. The van der Waals surface area contributed by atoms with Crippen LogP contribution in [-0.4, -0.2) is 5.60 Å². The van der Waals surface area contributed by atoms with Crippen molar-refractivity contribution < 1.29 is 4.74 Å². The molecule has 0 N–H and O–H groups in total. The van der Waals surface area contributed by atoms with Gasteiger partial charge >= 0.3 is 0 Å². The van der Waals surface area contributed by atoms with Gasteiger partial charge in [0.25, 0.3) is 0 Å². The van der Waals surface area contributed by atoms with Crippen LogP contribution in [0.15, 0.2) is 24.3 Å². The van der Waals surface area contributed by atoms with E-state index in [-0.39, 0.29) is 11.0 Å². The zero-order valence-electron chi connectivity index (χ0n) is 14.6. The van der Waals surface area contributed by atoms with Crippen LogP contribution in [0.1, 0.15) is 66.9 Å². The summed E-state index contributed by atoms with van der Waals surface area (Å²) in [6.07, 6.45) is 2.24. The van der Waals surface area contributed by atoms with Crippen LogP contribution < -0.4 is 4.74 Å². The minimum Gasteiger partial charge on any atom is -0.488 e. The quantitative estimate of drug-likeness (QED) is 0.640. The van der Waals surface area contributed by atoms with Crippen LogP contribution in [0.2, 0.25) is 0 Å². The molecular formula is C19H32O. The van der Waals surface area contributed by atoms with Crippen molar-refractivity contribution in [1.29, 1.82) is 0 Å². The lowest BCUT2D eigenvalue weighted by atomic mass is 9.71. The number of aryl methyl sites for hydroxylation is 1. The van der Waals surface area contributed by atoms with Gasteiger partial charge in [-0.1, -0.05) is 52.3 Å². The van der Waals surface area contributed by atoms with Gasteiger partial charge in [-0.3, -0.25) is 0 Å². The van der Waals surface area contributed by atoms with E-state index in [0.717, 1.165) is 12.2 Å². The number of rotatable bonds is 5. The summed E-state index contributed by atoms with van der Waals surface area (Å²) in [6.45, 7) is 18.1. The van der Waals surface area contributed by atoms with Crippen molar-refractivity contribution in [2.45, 2.75) is 73.8 Å². The van der Waals surface area contributed by atoms with E-state index < -0.39 is 0 Å². The average molecular weight is 276 g/mol. The van der Waals surface area contributed by atoms with E-state index in [1.807, 2.05) is 0 Å². The summed E-state index contributed by atoms with van der Waals surface area (Å²) in [5.74, 6) is 0.965. The second kappa shape index (κ2) is 5.79. The SMILES string of the molecule is Cc1ccc(OC(C)(C)CC(C)(C)CC(C)(C)C)cc1. The molecule has 0 radical (unpaired) electrons. The third-order valence-corrected chi connectivity index (χ3v) is 3.33. The smallest absolute Gasteiger partial charge is 0.120 e. The monoisotopic (exact) mass is 276 g/mol. The van der Waals surface area contributed by atoms with Crippen molar-refractivity contribution in [3.8, 4) is 5.75 Å². The van der Waals surface area contributed by atoms with E-state index in [0.29, 0.717) is 5.41 Å². The zero-order valence-corrected chi connectivity index (χ0v) is 14.6. The summed E-state index contributed by atoms with van der Waals surface area (Å²) < 4.78 is 6.21. The third-order valence-electron chi connectivity index (χ3n) is 3.33. The van der Waals surface area contributed by atoms with Crippen molar-refractivity contribution in [3.05, 3.63) is 29.8 Å². The Morgan fingerprint density at radius 2 is 1.30 bits per heavy atom. The van der Waals surface area contributed by atoms with Gasteiger partial charge in [0.1, 0.15) is 11.4 Å². The van der Waals surface area contributed by atoms with E-state index >= 15 is 0 Å². The molecule has 1 aromatic carbocycles. The van der Waals surface area contributed by atoms with Crippen LogP contribution >= 0.6 is 0 Å². The predicted molar refractivity (Wildman–Crippen MR) is 88.4 cm³/mol. The summed E-state index contributed by atoms with van der Waals surface area (Å²) in [6, 6.07) is 8.33. The maximum atomic E-state index is 6.21. The first-order valence-corrected chi connectivity index (χ1v) is 7.64. The molecule has 0 aliphatic heterocycles. The molecule has 0 unspecified atom stereocenters. The molecular weight excluding hydrogens is 244 g/mol. The molecule has 114 valence electrons. The first-order valence-electron chi connectivity index (χ1n) is 7.64. The average Bonchev–Trinajstić information content (AvgIpc) is 2.15. The molecule has 0 aliphatic carbocycles. The highest BCUT2D eigenvalue weighted by Gasteiger charge is 2.33. The summed E-state index contributed by atoms with van der Waals surface area (Å²) in [4.78, 5) is 0. The molecule has 0 amide bonds. The predicted octanol–water partition coefficient (Wildman–Crippen LogP) is 6.00. The van der Waals surface area contributed by atoms with Gasteiger partial charge in [0.15, 0.2) is 0 Å². The van der Waals surface area contributed by atoms with Crippen LogP contribution in [0.3, 0.4) is 0 Å². The molecule has 1 heteroatoms. The Morgan fingerprint density at radius 1 is 0.800 bits per heavy atom. The van der Waals surface area contributed by atoms with Crippen molar-refractivity contribution >= 4 is 0 Å². The number of benzene rings is 1. The molecule has 1 rings (SSSR count). The van der Waals surface area contributed by atoms with Gasteiger partial charge in [-0.2, -0.15) is 0 Å². The molecule has 0 saturated carbocycles. The maximum Gasteiger partial charge on any atom is 0.120 e. The Labute approximate surface area is 125 Å². The fourth-order valence-corrected chi connectivity index (χ4v) is 3.61. The molecule has 0 fully saturated rings. The lowest BCUT2D eigenvalue weighted by Gasteiger charge is -2.39. The van der Waals surface area contributed by atoms with E-state index in [9.17, 15) is 0 Å². The van der Waals surface area contributed by atoms with E-state index in [1.54, 1.807) is 0 Å². The van der Waals surface area contributed by atoms with Gasteiger partial charge in [-0.15, -0.1) is 0 Å². The molecule has 0 atom stereocenters. The van der Waals surface area contributed by atoms with Crippen molar-refractivity contribution in [2.24, 2.45) is 10.8 Å². The second-order valence-corrected chi connectivity index (χ2v) is 8.75. The van der Waals surface area contributed by atoms with Crippen LogP contribution in [0, 0.1) is 17.8 Å². The van der Waals surface area contributed by atoms with Crippen molar-refractivity contribution in [2.75, 3.05) is 0 Å². The van der Waals surface area contributed by atoms with Gasteiger partial charge in [0.05, 0.1) is 0 Å². The maximum absolute atomic E-state index is 6.21. The van der Waals surface area contributed by atoms with E-state index in [1.165, 1.54) is 12.0 Å². The van der Waals surface area contributed by atoms with Gasteiger partial charge in [0, 0.05) is 0 Å². The largest absolute Gasteiger partial charge is 0.488 e. The number of hydrogen-bond donors (Lipinski definition) is 0. The van der Waals surface area contributed by atoms with E-state index in [2.05, 4.69) is 79.7 Å². The summed E-state index contributed by atoms with van der Waals surface area (Å²) in [5, 5.41) is 0. The van der Waals surface area contributed by atoms with Crippen molar-refractivity contribution in [1.82, 2.24) is 0 Å². The minimum absolute atomic E-state index is 0.149. The van der Waals surface area contributed by atoms with Gasteiger partial charge < -0.3 is 4.74 Å². The fraction of sp³-hybridized carbons (Fsp3) is 0.684. The number of hydrogen-bond acceptors (Lipinski definition) is 1. The van der Waals surface area contributed by atoms with Crippen LogP contribution in [0.25, 0.3) is 0 Å². The first kappa shape index (κ1) is 17.1. The first-order chi connectivity index (χ1) is 8.89. The zero-order chi connectivity index (χ0) is 15.6. The summed E-state index contributed by atoms with van der Waals surface area (Å²) in [7, 11) is 0. The van der Waals surface area contributed by atoms with Crippen LogP contribution in [0.5, 0.6) is 5.75 Å². The molecule has 1 nitrogen and oxygen atoms in total. The summed E-state index contributed by atoms with van der Waals surface area (Å²) >= 11 is 0. The molecule has 0 aromatic heterocycles. The van der Waals surface area contributed by atoms with Gasteiger partial charge in [-0.25, -0.2) is 0 Å². The number of ether oxygens (including phenoxy) is 1. The molecule has 0 saturated heterocycles. The molecule has 0 spiro atoms. The highest BCUT2D eigenvalue weighted by molar-refractivity contribution is 5.26. The van der Waals surface area contributed by atoms with Crippen LogP contribution in [-0.2, 0) is 0 Å².